The predicted octanol–water partition coefficient (Wildman–Crippen LogP) is 9.86. The molecule has 0 aliphatic heterocycles. The molecule has 6 aromatic rings. The van der Waals surface area contributed by atoms with E-state index in [2.05, 4.69) is 9.62 Å². The number of phenols is 1. The van der Waals surface area contributed by atoms with Gasteiger partial charge in [0.05, 0.1) is 0 Å². The molecule has 5 nitrogen and oxygen atoms in total. The van der Waals surface area contributed by atoms with E-state index in [0.29, 0.717) is 23.3 Å². The van der Waals surface area contributed by atoms with E-state index in [-0.39, 0.29) is 134 Å². The summed E-state index contributed by atoms with van der Waals surface area (Å²) in [5.41, 5.74) is 0.590. The Morgan fingerprint density at radius 3 is 1.17 bits per heavy atom. The molecule has 2 saturated carbocycles. The molecule has 0 aromatic heterocycles. The maximum atomic E-state index is 14.6. The van der Waals surface area contributed by atoms with E-state index >= 15 is 0 Å². The Balaban J connectivity index is 0.000000412. The van der Waals surface area contributed by atoms with Crippen LogP contribution >= 0.6 is 15.9 Å². The van der Waals surface area contributed by atoms with Crippen LogP contribution in [0.5, 0.6) is 11.5 Å². The summed E-state index contributed by atoms with van der Waals surface area (Å²) in [5.74, 6) is -15.8. The fraction of sp³-hybridized carbons (Fsp3) is 0.302. The van der Waals surface area contributed by atoms with Gasteiger partial charge in [-0.05, 0) is 111 Å². The Labute approximate surface area is 517 Å². The van der Waals surface area contributed by atoms with Gasteiger partial charge in [0.25, 0.3) is 6.47 Å². The Hall–Kier alpha value is -2.88. The first-order chi connectivity index (χ1) is 34.5. The zero-order chi connectivity index (χ0) is 53.6. The molecule has 22 heteroatoms. The van der Waals surface area contributed by atoms with Gasteiger partial charge in [-0.2, -0.15) is 17.6 Å². The number of aromatic hydroxyl groups is 1. The summed E-state index contributed by atoms with van der Waals surface area (Å²) in [7, 11) is 0. The van der Waals surface area contributed by atoms with Crippen molar-refractivity contribution in [3.63, 3.8) is 0 Å². The molecule has 2 fully saturated rings. The number of rotatable bonds is 13. The number of carbonyl (C=O) groups is 1. The summed E-state index contributed by atoms with van der Waals surface area (Å²) in [6.07, 6.45) is 9.76. The molecule has 2 aliphatic carbocycles. The van der Waals surface area contributed by atoms with Crippen molar-refractivity contribution in [2.24, 2.45) is 11.8 Å². The van der Waals surface area contributed by atoms with Crippen LogP contribution in [0.2, 0.25) is 0 Å². The van der Waals surface area contributed by atoms with Crippen molar-refractivity contribution < 1.29 is 190 Å². The van der Waals surface area contributed by atoms with Gasteiger partial charge in [-0.3, -0.25) is 4.79 Å². The molecule has 0 radical (unpaired) electrons. The molecule has 75 heavy (non-hydrogen) atoms. The van der Waals surface area contributed by atoms with Crippen molar-refractivity contribution in [2.75, 3.05) is 0 Å². The van der Waals surface area contributed by atoms with Crippen molar-refractivity contribution in [3.05, 3.63) is 177 Å². The Morgan fingerprint density at radius 1 is 0.533 bits per heavy atom. The standard InChI is InChI=1S/C26H21F7O.C20H19BrF4.C6H3F3O.CH2O3.2K.H/c27-20-11-18(17-9-7-16(8-10-17)6-5-15-3-1-2-4-15)12-21(28)24(20)26(32,33)34-19-13-22(29)25(31)23(30)14-19;21-20(24,25)19-17(22)11-16(12-18(19)23)15-9-7-14(8-10-15)6-5-13-3-1-2-4-13;7-4-1-3(10)2-5(8)6(4)9;2-1-4-3;;;/h7-15H,1-6H2;7-13H,1-6H2;1-2,10H;1,3H;;;/q;;;;2*+1;-1/p-1. The number of aryl methyl sites for hydroxylation is 2. The van der Waals surface area contributed by atoms with Gasteiger partial charge >= 0.3 is 114 Å². The quantitative estimate of drug-likeness (QED) is 0.0237. The second kappa shape index (κ2) is 31.1. The molecule has 0 bridgehead atoms. The summed E-state index contributed by atoms with van der Waals surface area (Å²) in [4.78, 5) is 7.52. The molecule has 0 atom stereocenters. The number of benzene rings is 6. The van der Waals surface area contributed by atoms with Gasteiger partial charge in [0.1, 0.15) is 45.9 Å². The topological polar surface area (TPSA) is 78.8 Å². The van der Waals surface area contributed by atoms with Gasteiger partial charge in [0, 0.05) is 24.3 Å². The predicted molar refractivity (Wildman–Crippen MR) is 244 cm³/mol. The third-order valence-corrected chi connectivity index (χ3v) is 12.5. The number of hydrogen-bond acceptors (Lipinski definition) is 5. The second-order valence-corrected chi connectivity index (χ2v) is 18.1. The van der Waals surface area contributed by atoms with Crippen LogP contribution in [0.15, 0.2) is 97.1 Å². The monoisotopic (exact) mass is 1180 g/mol. The molecule has 0 heterocycles. The fourth-order valence-corrected chi connectivity index (χ4v) is 8.81. The molecule has 0 saturated heterocycles. The average Bonchev–Trinajstić information content (AvgIpc) is 4.06. The van der Waals surface area contributed by atoms with Crippen molar-refractivity contribution in [3.8, 4) is 33.8 Å². The molecule has 0 spiro atoms. The summed E-state index contributed by atoms with van der Waals surface area (Å²) in [6, 6.07) is 19.1. The Morgan fingerprint density at radius 2 is 0.853 bits per heavy atom. The molecule has 0 amide bonds. The number of phenolic OH excluding ortho intramolecular Hbond substituents is 1. The molecule has 8 rings (SSSR count). The maximum absolute atomic E-state index is 14.6. The molecular weight excluding hydrogens is 1140 g/mol. The number of hydrogen-bond donors (Lipinski definition) is 1. The van der Waals surface area contributed by atoms with Gasteiger partial charge in [-0.1, -0.05) is 99.9 Å². The van der Waals surface area contributed by atoms with Gasteiger partial charge in [0.15, 0.2) is 34.9 Å². The third kappa shape index (κ3) is 19.8. The number of halogens is 15. The minimum absolute atomic E-state index is 0. The zero-order valence-corrected chi connectivity index (χ0v) is 48.0. The van der Waals surface area contributed by atoms with E-state index in [0.717, 1.165) is 67.3 Å². The second-order valence-electron chi connectivity index (χ2n) is 17.1. The van der Waals surface area contributed by atoms with Crippen LogP contribution in [0.25, 0.3) is 22.3 Å². The number of carbonyl (C=O) groups excluding carboxylic acids is 1. The van der Waals surface area contributed by atoms with Crippen molar-refractivity contribution >= 4 is 22.4 Å². The first kappa shape index (κ1) is 66.4. The van der Waals surface area contributed by atoms with Crippen molar-refractivity contribution in [1.82, 2.24) is 0 Å². The van der Waals surface area contributed by atoms with E-state index in [1.807, 2.05) is 40.2 Å². The molecule has 0 unspecified atom stereocenters. The summed E-state index contributed by atoms with van der Waals surface area (Å²) >= 11 is 2.01. The van der Waals surface area contributed by atoms with Gasteiger partial charge in [-0.15, -0.1) is 0 Å². The van der Waals surface area contributed by atoms with Crippen LogP contribution in [-0.4, -0.2) is 11.6 Å². The fourth-order valence-electron chi connectivity index (χ4n) is 8.43. The van der Waals surface area contributed by atoms with Crippen LogP contribution in [0, 0.1) is 70.0 Å². The number of alkyl halides is 5. The molecule has 1 N–H and O–H groups in total. The van der Waals surface area contributed by atoms with E-state index in [1.54, 1.807) is 24.3 Å². The van der Waals surface area contributed by atoms with Crippen molar-refractivity contribution in [2.45, 2.75) is 88.0 Å². The van der Waals surface area contributed by atoms with E-state index in [4.69, 9.17) is 15.2 Å². The van der Waals surface area contributed by atoms with Gasteiger partial charge < -0.3 is 21.4 Å². The minimum atomic E-state index is -4.62. The first-order valence-electron chi connectivity index (χ1n) is 22.5. The van der Waals surface area contributed by atoms with Crippen LogP contribution < -0.4 is 113 Å². The Kier molecular flexibility index (Phi) is 27.5. The summed E-state index contributed by atoms with van der Waals surface area (Å²) in [5, 5.41) is 16.9. The zero-order valence-electron chi connectivity index (χ0n) is 41.2. The van der Waals surface area contributed by atoms with Gasteiger partial charge in [0.2, 0.25) is 0 Å². The van der Waals surface area contributed by atoms with Gasteiger partial charge in [-0.25, -0.2) is 43.9 Å². The minimum Gasteiger partial charge on any atom is -1.00 e. The third-order valence-electron chi connectivity index (χ3n) is 12.1. The van der Waals surface area contributed by atoms with Crippen LogP contribution in [0.4, 0.5) is 61.5 Å². The van der Waals surface area contributed by atoms with E-state index < -0.39 is 91.7 Å². The molecule has 394 valence electrons. The smallest absolute Gasteiger partial charge is 1.00 e. The largest absolute Gasteiger partial charge is 1.00 e. The van der Waals surface area contributed by atoms with E-state index in [1.165, 1.54) is 56.9 Å². The number of ether oxygens (including phenoxy) is 1. The summed E-state index contributed by atoms with van der Waals surface area (Å²) in [6.45, 7) is -0.181. The molecule has 6 aromatic carbocycles. The van der Waals surface area contributed by atoms with Crippen molar-refractivity contribution in [1.29, 1.82) is 0 Å². The van der Waals surface area contributed by atoms with Crippen LogP contribution in [0.1, 0.15) is 87.9 Å². The summed E-state index contributed by atoms with van der Waals surface area (Å²) < 4.78 is 192. The van der Waals surface area contributed by atoms with E-state index in [9.17, 15) is 61.5 Å². The van der Waals surface area contributed by atoms with Crippen LogP contribution in [-0.2, 0) is 33.5 Å². The SMILES string of the molecule is Fc1cc(-c2ccc(CCC3CCCC3)cc2)cc(F)c1C(F)(F)Br.Fc1cc(OC(F)(F)c2c(F)cc(-c3ccc(CCC4CCCC4)cc3)cc2F)cc(F)c1F.O=CO[O-].Oc1cc(F)c(F)c(F)c1.[H-].[K+].[K+]. The average molecular weight is 1190 g/mol. The van der Waals surface area contributed by atoms with Crippen LogP contribution in [0.3, 0.4) is 0 Å². The molecular formula is C53H45BrF14K2O5. The first-order valence-corrected chi connectivity index (χ1v) is 23.3. The Bertz CT molecular complexity index is 2710. The normalized spacial score (nSPS) is 13.4. The maximum Gasteiger partial charge on any atom is 1.00 e. The molecule has 2 aliphatic rings.